The van der Waals surface area contributed by atoms with Crippen molar-refractivity contribution in [2.75, 3.05) is 30.0 Å². The van der Waals surface area contributed by atoms with Gasteiger partial charge in [-0.15, -0.1) is 11.3 Å². The molecule has 0 radical (unpaired) electrons. The maximum atomic E-state index is 9.60. The van der Waals surface area contributed by atoms with Crippen LogP contribution in [-0.4, -0.2) is 41.3 Å². The molecule has 2 aromatic rings. The van der Waals surface area contributed by atoms with Gasteiger partial charge in [0.05, 0.1) is 19.2 Å². The molecule has 3 rings (SSSR count). The Balaban J connectivity index is 1.76. The second-order valence-electron chi connectivity index (χ2n) is 6.13. The summed E-state index contributed by atoms with van der Waals surface area (Å²) >= 11 is 1.82. The summed E-state index contributed by atoms with van der Waals surface area (Å²) in [5, 5.41) is 9.60. The molecule has 0 spiro atoms. The molecule has 1 aliphatic rings. The Bertz CT molecular complexity index is 645. The van der Waals surface area contributed by atoms with E-state index in [-0.39, 0.29) is 12.6 Å². The Kier molecular flexibility index (Phi) is 5.13. The summed E-state index contributed by atoms with van der Waals surface area (Å²) in [4.78, 5) is 15.9. The highest BCUT2D eigenvalue weighted by Crippen LogP contribution is 2.26. The van der Waals surface area contributed by atoms with E-state index in [4.69, 9.17) is 0 Å². The molecular formula is C17H24N4OS. The van der Waals surface area contributed by atoms with Gasteiger partial charge in [-0.2, -0.15) is 0 Å². The Hall–Kier alpha value is -1.66. The summed E-state index contributed by atoms with van der Waals surface area (Å²) < 4.78 is 0. The highest BCUT2D eigenvalue weighted by Gasteiger charge is 2.23. The quantitative estimate of drug-likeness (QED) is 0.912. The van der Waals surface area contributed by atoms with Gasteiger partial charge in [0.25, 0.3) is 0 Å². The van der Waals surface area contributed by atoms with Gasteiger partial charge in [0.15, 0.2) is 0 Å². The molecule has 0 aliphatic carbocycles. The number of aliphatic hydroxyl groups excluding tert-OH is 1. The highest BCUT2D eigenvalue weighted by molar-refractivity contribution is 7.11. The molecule has 1 fully saturated rings. The van der Waals surface area contributed by atoms with E-state index >= 15 is 0 Å². The van der Waals surface area contributed by atoms with Crippen molar-refractivity contribution in [1.29, 1.82) is 0 Å². The molecule has 1 saturated heterocycles. The number of anilines is 2. The first-order valence-electron chi connectivity index (χ1n) is 8.13. The molecule has 0 saturated carbocycles. The molecular weight excluding hydrogens is 308 g/mol. The third kappa shape index (κ3) is 3.82. The fourth-order valence-corrected chi connectivity index (χ4v) is 4.02. The van der Waals surface area contributed by atoms with Crippen LogP contribution in [0.25, 0.3) is 0 Å². The Labute approximate surface area is 141 Å². The van der Waals surface area contributed by atoms with Gasteiger partial charge in [0.2, 0.25) is 0 Å². The van der Waals surface area contributed by atoms with Crippen molar-refractivity contribution in [2.45, 2.75) is 38.8 Å². The predicted octanol–water partition coefficient (Wildman–Crippen LogP) is 2.83. The summed E-state index contributed by atoms with van der Waals surface area (Å²) in [6.45, 7) is 4.11. The zero-order valence-corrected chi connectivity index (χ0v) is 14.6. The highest BCUT2D eigenvalue weighted by atomic mass is 32.1. The van der Waals surface area contributed by atoms with E-state index in [0.717, 1.165) is 37.6 Å². The lowest BCUT2D eigenvalue weighted by Gasteiger charge is -2.35. The Morgan fingerprint density at radius 1 is 1.35 bits per heavy atom. The van der Waals surface area contributed by atoms with E-state index < -0.39 is 0 Å². The summed E-state index contributed by atoms with van der Waals surface area (Å²) in [5.74, 6) is 1.84. The van der Waals surface area contributed by atoms with Gasteiger partial charge in [-0.25, -0.2) is 9.97 Å². The number of aromatic nitrogens is 2. The number of aliphatic hydroxyl groups is 1. The molecule has 0 aromatic carbocycles. The van der Waals surface area contributed by atoms with Crippen LogP contribution in [0.2, 0.25) is 0 Å². The molecule has 1 aliphatic heterocycles. The SMILES string of the molecule is Cc1ccc(CN(C)c2cc(N3CCCCC3CO)ncn2)s1. The molecule has 2 aromatic heterocycles. The maximum absolute atomic E-state index is 9.60. The smallest absolute Gasteiger partial charge is 0.134 e. The molecule has 124 valence electrons. The summed E-state index contributed by atoms with van der Waals surface area (Å²) in [6, 6.07) is 6.54. The van der Waals surface area contributed by atoms with Crippen LogP contribution in [0.3, 0.4) is 0 Å². The van der Waals surface area contributed by atoms with Crippen molar-refractivity contribution >= 4 is 23.0 Å². The van der Waals surface area contributed by atoms with Crippen molar-refractivity contribution < 1.29 is 5.11 Å². The molecule has 5 nitrogen and oxygen atoms in total. The lowest BCUT2D eigenvalue weighted by atomic mass is 10.0. The van der Waals surface area contributed by atoms with Crippen LogP contribution in [0.1, 0.15) is 29.0 Å². The second kappa shape index (κ2) is 7.27. The van der Waals surface area contributed by atoms with Crippen LogP contribution < -0.4 is 9.80 Å². The van der Waals surface area contributed by atoms with Crippen LogP contribution >= 0.6 is 11.3 Å². The zero-order chi connectivity index (χ0) is 16.2. The minimum Gasteiger partial charge on any atom is -0.394 e. The van der Waals surface area contributed by atoms with Crippen molar-refractivity contribution in [3.8, 4) is 0 Å². The van der Waals surface area contributed by atoms with Crippen molar-refractivity contribution in [3.05, 3.63) is 34.3 Å². The van der Waals surface area contributed by atoms with Crippen molar-refractivity contribution in [1.82, 2.24) is 9.97 Å². The first-order valence-corrected chi connectivity index (χ1v) is 8.95. The topological polar surface area (TPSA) is 52.5 Å². The number of aryl methyl sites for hydroxylation is 1. The fraction of sp³-hybridized carbons (Fsp3) is 0.529. The van der Waals surface area contributed by atoms with Gasteiger partial charge >= 0.3 is 0 Å². The lowest BCUT2D eigenvalue weighted by molar-refractivity contribution is 0.239. The maximum Gasteiger partial charge on any atom is 0.134 e. The van der Waals surface area contributed by atoms with Crippen LogP contribution in [0.15, 0.2) is 24.5 Å². The number of piperidine rings is 1. The second-order valence-corrected chi connectivity index (χ2v) is 7.50. The summed E-state index contributed by atoms with van der Waals surface area (Å²) in [7, 11) is 2.06. The van der Waals surface area contributed by atoms with Crippen molar-refractivity contribution in [3.63, 3.8) is 0 Å². The number of nitrogens with zero attached hydrogens (tertiary/aromatic N) is 4. The summed E-state index contributed by atoms with van der Waals surface area (Å²) in [5.41, 5.74) is 0. The third-order valence-electron chi connectivity index (χ3n) is 4.35. The average molecular weight is 332 g/mol. The molecule has 1 unspecified atom stereocenters. The largest absolute Gasteiger partial charge is 0.394 e. The van der Waals surface area contributed by atoms with Gasteiger partial charge in [-0.05, 0) is 38.3 Å². The van der Waals surface area contributed by atoms with E-state index in [1.165, 1.54) is 16.2 Å². The molecule has 3 heterocycles. The minimum absolute atomic E-state index is 0.178. The normalized spacial score (nSPS) is 18.2. The predicted molar refractivity (Wildman–Crippen MR) is 95.3 cm³/mol. The van der Waals surface area contributed by atoms with Crippen LogP contribution in [0, 0.1) is 6.92 Å². The Morgan fingerprint density at radius 2 is 2.22 bits per heavy atom. The monoisotopic (exact) mass is 332 g/mol. The van der Waals surface area contributed by atoms with E-state index in [1.54, 1.807) is 6.33 Å². The first-order chi connectivity index (χ1) is 11.2. The Morgan fingerprint density at radius 3 is 2.96 bits per heavy atom. The lowest BCUT2D eigenvalue weighted by Crippen LogP contribution is -2.42. The van der Waals surface area contributed by atoms with Crippen molar-refractivity contribution in [2.24, 2.45) is 0 Å². The molecule has 0 bridgehead atoms. The number of rotatable bonds is 5. The molecule has 23 heavy (non-hydrogen) atoms. The van der Waals surface area contributed by atoms with Crippen LogP contribution in [-0.2, 0) is 6.54 Å². The molecule has 0 amide bonds. The average Bonchev–Trinajstić information content (AvgIpc) is 2.99. The number of hydrogen-bond acceptors (Lipinski definition) is 6. The minimum atomic E-state index is 0.178. The third-order valence-corrected chi connectivity index (χ3v) is 5.34. The van der Waals surface area contributed by atoms with Gasteiger partial charge in [-0.3, -0.25) is 0 Å². The molecule has 1 N–H and O–H groups in total. The standard InChI is InChI=1S/C17H24N4OS/c1-13-6-7-15(23-13)10-20(2)16-9-17(19-12-18-16)21-8-4-3-5-14(21)11-22/h6-7,9,12,14,22H,3-5,8,10-11H2,1-2H3. The number of hydrogen-bond donors (Lipinski definition) is 1. The first kappa shape index (κ1) is 16.2. The summed E-state index contributed by atoms with van der Waals surface area (Å²) in [6.07, 6.45) is 4.99. The van der Waals surface area contributed by atoms with Gasteiger partial charge < -0.3 is 14.9 Å². The zero-order valence-electron chi connectivity index (χ0n) is 13.8. The fourth-order valence-electron chi connectivity index (χ4n) is 3.08. The van der Waals surface area contributed by atoms with Crippen LogP contribution in [0.4, 0.5) is 11.6 Å². The van der Waals surface area contributed by atoms with E-state index in [2.05, 4.69) is 45.9 Å². The molecule has 1 atom stereocenters. The van der Waals surface area contributed by atoms with Gasteiger partial charge in [-0.1, -0.05) is 0 Å². The van der Waals surface area contributed by atoms with Gasteiger partial charge in [0, 0.05) is 29.4 Å². The number of thiophene rings is 1. The van der Waals surface area contributed by atoms with Gasteiger partial charge in [0.1, 0.15) is 18.0 Å². The van der Waals surface area contributed by atoms with E-state index in [9.17, 15) is 5.11 Å². The van der Waals surface area contributed by atoms with E-state index in [1.807, 2.05) is 17.4 Å². The molecule has 6 heteroatoms. The van der Waals surface area contributed by atoms with Crippen LogP contribution in [0.5, 0.6) is 0 Å². The van der Waals surface area contributed by atoms with E-state index in [0.29, 0.717) is 0 Å².